The summed E-state index contributed by atoms with van der Waals surface area (Å²) in [7, 11) is 0. The highest BCUT2D eigenvalue weighted by Crippen LogP contribution is 2.39. The lowest BCUT2D eigenvalue weighted by molar-refractivity contribution is 0.670. The van der Waals surface area contributed by atoms with E-state index >= 15 is 0 Å². The van der Waals surface area contributed by atoms with Crippen molar-refractivity contribution in [2.24, 2.45) is 0 Å². The minimum absolute atomic E-state index is 0.0225. The lowest BCUT2D eigenvalue weighted by Gasteiger charge is -2.16. The van der Waals surface area contributed by atoms with Crippen LogP contribution in [0.3, 0.4) is 0 Å². The van der Waals surface area contributed by atoms with Crippen LogP contribution in [-0.2, 0) is 0 Å². The molecule has 0 spiro atoms. The molecule has 2 heterocycles. The maximum absolute atomic E-state index is 13.5. The predicted octanol–water partition coefficient (Wildman–Crippen LogP) is 8.36. The van der Waals surface area contributed by atoms with Gasteiger partial charge in [-0.15, -0.1) is 0 Å². The van der Waals surface area contributed by atoms with Crippen molar-refractivity contribution >= 4 is 55.3 Å². The van der Waals surface area contributed by atoms with E-state index in [0.717, 1.165) is 49.8 Å². The first-order chi connectivity index (χ1) is 17.2. The third kappa shape index (κ3) is 3.02. The van der Waals surface area contributed by atoms with Crippen molar-refractivity contribution in [1.29, 1.82) is 0 Å². The molecule has 4 heteroatoms. The van der Waals surface area contributed by atoms with Crippen LogP contribution in [0.15, 0.2) is 118 Å². The van der Waals surface area contributed by atoms with Gasteiger partial charge in [-0.2, -0.15) is 0 Å². The third-order valence-electron chi connectivity index (χ3n) is 6.64. The minimum Gasteiger partial charge on any atom is -0.455 e. The first kappa shape index (κ1) is 20.1. The average molecular weight is 472 g/mol. The Morgan fingerprint density at radius 1 is 0.629 bits per heavy atom. The molecule has 35 heavy (non-hydrogen) atoms. The van der Waals surface area contributed by atoms with Gasteiger partial charge < -0.3 is 8.98 Å². The monoisotopic (exact) mass is 471 g/mol. The number of pyridine rings is 1. The Bertz CT molecular complexity index is 1980. The molecule has 0 N–H and O–H groups in total. The normalized spacial score (nSPS) is 11.7. The van der Waals surface area contributed by atoms with Gasteiger partial charge in [0.25, 0.3) is 0 Å². The van der Waals surface area contributed by atoms with Gasteiger partial charge in [0.05, 0.1) is 11.0 Å². The average Bonchev–Trinajstić information content (AvgIpc) is 3.27. The van der Waals surface area contributed by atoms with E-state index in [4.69, 9.17) is 16.0 Å². The summed E-state index contributed by atoms with van der Waals surface area (Å²) in [4.78, 5) is 13.5. The van der Waals surface area contributed by atoms with E-state index in [0.29, 0.717) is 15.8 Å². The van der Waals surface area contributed by atoms with Crippen LogP contribution in [0.4, 0.5) is 0 Å². The Hall–Kier alpha value is -4.34. The Morgan fingerprint density at radius 3 is 2.20 bits per heavy atom. The second-order valence-corrected chi connectivity index (χ2v) is 9.11. The summed E-state index contributed by atoms with van der Waals surface area (Å²) in [6.45, 7) is 0. The van der Waals surface area contributed by atoms with E-state index in [1.165, 1.54) is 0 Å². The fourth-order valence-corrected chi connectivity index (χ4v) is 5.29. The summed E-state index contributed by atoms with van der Waals surface area (Å²) >= 11 is 6.58. The van der Waals surface area contributed by atoms with Crippen LogP contribution in [-0.4, -0.2) is 4.57 Å². The third-order valence-corrected chi connectivity index (χ3v) is 6.86. The number of benzene rings is 5. The molecule has 0 saturated carbocycles. The molecule has 0 fully saturated rings. The van der Waals surface area contributed by atoms with Crippen LogP contribution in [0, 0.1) is 0 Å². The Labute approximate surface area is 205 Å². The molecule has 0 amide bonds. The second kappa shape index (κ2) is 7.59. The van der Waals surface area contributed by atoms with Gasteiger partial charge in [-0.05, 0) is 60.2 Å². The van der Waals surface area contributed by atoms with Crippen molar-refractivity contribution in [2.45, 2.75) is 0 Å². The zero-order valence-electron chi connectivity index (χ0n) is 18.5. The molecule has 0 radical (unpaired) electrons. The molecule has 166 valence electrons. The number of hydrogen-bond donors (Lipinski definition) is 0. The molecule has 3 nitrogen and oxygen atoms in total. The molecule has 0 bridgehead atoms. The van der Waals surface area contributed by atoms with Gasteiger partial charge >= 0.3 is 0 Å². The number of furan rings is 1. The molecule has 0 aliphatic heterocycles. The van der Waals surface area contributed by atoms with Crippen molar-refractivity contribution in [2.75, 3.05) is 0 Å². The summed E-state index contributed by atoms with van der Waals surface area (Å²) in [6.07, 6.45) is 0. The summed E-state index contributed by atoms with van der Waals surface area (Å²) in [5, 5.41) is 4.00. The van der Waals surface area contributed by atoms with Gasteiger partial charge in [-0.1, -0.05) is 66.2 Å². The number of aromatic nitrogens is 1. The largest absolute Gasteiger partial charge is 0.455 e. The zero-order valence-corrected chi connectivity index (χ0v) is 19.3. The van der Waals surface area contributed by atoms with Crippen molar-refractivity contribution in [3.05, 3.63) is 124 Å². The molecular weight excluding hydrogens is 454 g/mol. The lowest BCUT2D eigenvalue weighted by Crippen LogP contribution is -2.10. The molecule has 0 unspecified atom stereocenters. The highest BCUT2D eigenvalue weighted by atomic mass is 35.5. The Balaban J connectivity index is 1.61. The number of nitrogens with zero attached hydrogens (tertiary/aromatic N) is 1. The minimum atomic E-state index is 0.0225. The first-order valence-electron chi connectivity index (χ1n) is 11.4. The van der Waals surface area contributed by atoms with Crippen LogP contribution in [0.1, 0.15) is 0 Å². The fourth-order valence-electron chi connectivity index (χ4n) is 5.07. The van der Waals surface area contributed by atoms with Gasteiger partial charge in [0.1, 0.15) is 11.2 Å². The fraction of sp³-hybridized carbons (Fsp3) is 0. The van der Waals surface area contributed by atoms with Crippen molar-refractivity contribution in [3.63, 3.8) is 0 Å². The molecule has 7 aromatic rings. The number of fused-ring (bicyclic) bond motifs is 5. The van der Waals surface area contributed by atoms with E-state index in [-0.39, 0.29) is 5.43 Å². The molecule has 7 rings (SSSR count). The summed E-state index contributed by atoms with van der Waals surface area (Å²) in [6, 6.07) is 35.7. The predicted molar refractivity (Wildman–Crippen MR) is 145 cm³/mol. The number of rotatable bonds is 2. The lowest BCUT2D eigenvalue weighted by atomic mass is 9.99. The van der Waals surface area contributed by atoms with Gasteiger partial charge in [0.15, 0.2) is 5.43 Å². The molecule has 2 aromatic heterocycles. The topological polar surface area (TPSA) is 35.1 Å². The highest BCUT2D eigenvalue weighted by Gasteiger charge is 2.17. The van der Waals surface area contributed by atoms with E-state index in [1.54, 1.807) is 0 Å². The van der Waals surface area contributed by atoms with E-state index < -0.39 is 0 Å². The molecule has 5 aromatic carbocycles. The van der Waals surface area contributed by atoms with Crippen molar-refractivity contribution in [3.8, 4) is 16.8 Å². The second-order valence-electron chi connectivity index (χ2n) is 8.68. The first-order valence-corrected chi connectivity index (χ1v) is 11.8. The van der Waals surface area contributed by atoms with Crippen LogP contribution < -0.4 is 5.43 Å². The summed E-state index contributed by atoms with van der Waals surface area (Å²) in [5.41, 5.74) is 6.15. The summed E-state index contributed by atoms with van der Waals surface area (Å²) < 4.78 is 8.44. The van der Waals surface area contributed by atoms with E-state index in [1.807, 2.05) is 91.0 Å². The Morgan fingerprint density at radius 2 is 1.34 bits per heavy atom. The van der Waals surface area contributed by atoms with Gasteiger partial charge in [0.2, 0.25) is 0 Å². The maximum atomic E-state index is 13.5. The smallest absolute Gasteiger partial charge is 0.197 e. The van der Waals surface area contributed by atoms with Crippen molar-refractivity contribution < 1.29 is 4.42 Å². The van der Waals surface area contributed by atoms with Crippen LogP contribution in [0.25, 0.3) is 60.6 Å². The molecule has 0 aliphatic rings. The molecular formula is C31H18ClNO2. The van der Waals surface area contributed by atoms with Gasteiger partial charge in [0, 0.05) is 37.8 Å². The number of hydrogen-bond acceptors (Lipinski definition) is 2. The molecule has 0 atom stereocenters. The molecule has 0 saturated heterocycles. The zero-order chi connectivity index (χ0) is 23.5. The highest BCUT2D eigenvalue weighted by molar-refractivity contribution is 6.32. The van der Waals surface area contributed by atoms with Gasteiger partial charge in [-0.3, -0.25) is 4.79 Å². The SMILES string of the molecule is O=c1c2ccccc2n(-c2ccccc2)c2cc(-c3cc(Cl)cc4c3oc3ccccc34)ccc12. The standard InChI is InChI=1S/C31H18ClNO2/c32-20-17-25(31-26(18-20)22-10-5-7-13-29(22)35-31)19-14-15-24-28(16-19)33(21-8-2-1-3-9-21)27-12-6-4-11-23(27)30(24)34/h1-18H. The maximum Gasteiger partial charge on any atom is 0.197 e. The Kier molecular flexibility index (Phi) is 4.35. The van der Waals surface area contributed by atoms with E-state index in [2.05, 4.69) is 22.8 Å². The number of halogens is 1. The van der Waals surface area contributed by atoms with Crippen LogP contribution in [0.5, 0.6) is 0 Å². The quantitative estimate of drug-likeness (QED) is 0.237. The number of para-hydroxylation sites is 3. The molecule has 0 aliphatic carbocycles. The van der Waals surface area contributed by atoms with E-state index in [9.17, 15) is 4.79 Å². The van der Waals surface area contributed by atoms with Crippen molar-refractivity contribution in [1.82, 2.24) is 4.57 Å². The summed E-state index contributed by atoms with van der Waals surface area (Å²) in [5.74, 6) is 0. The van der Waals surface area contributed by atoms with Gasteiger partial charge in [-0.25, -0.2) is 0 Å². The van der Waals surface area contributed by atoms with Crippen LogP contribution in [0.2, 0.25) is 5.02 Å². The van der Waals surface area contributed by atoms with Crippen LogP contribution >= 0.6 is 11.6 Å².